The number of carbonyl (C=O) groups excluding carboxylic acids is 1. The molecule has 0 bridgehead atoms. The summed E-state index contributed by atoms with van der Waals surface area (Å²) in [5.74, 6) is -0.181. The van der Waals surface area contributed by atoms with Gasteiger partial charge in [-0.15, -0.1) is 11.3 Å². The van der Waals surface area contributed by atoms with Crippen molar-refractivity contribution in [3.8, 4) is 0 Å². The molecule has 1 aromatic heterocycles. The summed E-state index contributed by atoms with van der Waals surface area (Å²) in [6.07, 6.45) is 0.828. The zero-order valence-corrected chi connectivity index (χ0v) is 14.2. The van der Waals surface area contributed by atoms with Crippen molar-refractivity contribution in [3.05, 3.63) is 50.9 Å². The van der Waals surface area contributed by atoms with Crippen LogP contribution in [0, 0.1) is 0 Å². The largest absolute Gasteiger partial charge is 0.390 e. The maximum atomic E-state index is 11.7. The molecule has 2 aromatic rings. The SMILES string of the molecule is CC(C)(O)CC(=O)NCc1csc(Cc2ccc(Cl)cc2)n1. The van der Waals surface area contributed by atoms with Gasteiger partial charge in [0.15, 0.2) is 0 Å². The van der Waals surface area contributed by atoms with Gasteiger partial charge in [-0.05, 0) is 31.5 Å². The van der Waals surface area contributed by atoms with Crippen LogP contribution in [0.3, 0.4) is 0 Å². The number of nitrogens with one attached hydrogen (secondary N) is 1. The van der Waals surface area contributed by atoms with Gasteiger partial charge in [-0.25, -0.2) is 4.98 Å². The van der Waals surface area contributed by atoms with E-state index in [4.69, 9.17) is 11.6 Å². The van der Waals surface area contributed by atoms with Crippen molar-refractivity contribution >= 4 is 28.8 Å². The summed E-state index contributed by atoms with van der Waals surface area (Å²) in [4.78, 5) is 16.2. The van der Waals surface area contributed by atoms with E-state index < -0.39 is 5.60 Å². The van der Waals surface area contributed by atoms with Crippen molar-refractivity contribution in [2.75, 3.05) is 0 Å². The summed E-state index contributed by atoms with van der Waals surface area (Å²) in [6.45, 7) is 3.60. The number of hydrogen-bond acceptors (Lipinski definition) is 4. The first-order chi connectivity index (χ1) is 10.3. The molecule has 0 aliphatic heterocycles. The first kappa shape index (κ1) is 16.9. The van der Waals surface area contributed by atoms with Crippen molar-refractivity contribution < 1.29 is 9.90 Å². The van der Waals surface area contributed by atoms with Crippen LogP contribution in [0.5, 0.6) is 0 Å². The normalized spacial score (nSPS) is 11.5. The van der Waals surface area contributed by atoms with Crippen molar-refractivity contribution in [1.82, 2.24) is 10.3 Å². The van der Waals surface area contributed by atoms with Gasteiger partial charge in [0.25, 0.3) is 0 Å². The van der Waals surface area contributed by atoms with Gasteiger partial charge in [-0.3, -0.25) is 4.79 Å². The molecule has 1 aromatic carbocycles. The monoisotopic (exact) mass is 338 g/mol. The molecule has 0 saturated carbocycles. The molecule has 0 radical (unpaired) electrons. The standard InChI is InChI=1S/C16H19ClN2O2S/c1-16(2,21)8-14(20)18-9-13-10-22-15(19-13)7-11-3-5-12(17)6-4-11/h3-6,10,21H,7-9H2,1-2H3,(H,18,20). The molecule has 0 unspecified atom stereocenters. The molecule has 0 atom stereocenters. The van der Waals surface area contributed by atoms with Crippen molar-refractivity contribution in [2.45, 2.75) is 38.8 Å². The molecule has 6 heteroatoms. The van der Waals surface area contributed by atoms with Gasteiger partial charge in [0, 0.05) is 16.8 Å². The van der Waals surface area contributed by atoms with Crippen LogP contribution in [0.25, 0.3) is 0 Å². The van der Waals surface area contributed by atoms with Crippen molar-refractivity contribution in [3.63, 3.8) is 0 Å². The third kappa shape index (κ3) is 5.75. The number of carbonyl (C=O) groups is 1. The van der Waals surface area contributed by atoms with Crippen LogP contribution >= 0.6 is 22.9 Å². The lowest BCUT2D eigenvalue weighted by Gasteiger charge is -2.15. The molecule has 2 rings (SSSR count). The number of aromatic nitrogens is 1. The molecule has 4 nitrogen and oxygen atoms in total. The highest BCUT2D eigenvalue weighted by Gasteiger charge is 2.17. The van der Waals surface area contributed by atoms with Gasteiger partial charge in [-0.2, -0.15) is 0 Å². The van der Waals surface area contributed by atoms with Crippen molar-refractivity contribution in [2.24, 2.45) is 0 Å². The van der Waals surface area contributed by atoms with E-state index in [2.05, 4.69) is 10.3 Å². The number of nitrogens with zero attached hydrogens (tertiary/aromatic N) is 1. The summed E-state index contributed by atoms with van der Waals surface area (Å²) in [5, 5.41) is 16.0. The Morgan fingerprint density at radius 2 is 2.05 bits per heavy atom. The summed E-state index contributed by atoms with van der Waals surface area (Å²) < 4.78 is 0. The average Bonchev–Trinajstić information content (AvgIpc) is 2.85. The lowest BCUT2D eigenvalue weighted by Crippen LogP contribution is -2.31. The van der Waals surface area contributed by atoms with E-state index in [0.29, 0.717) is 6.54 Å². The van der Waals surface area contributed by atoms with Gasteiger partial charge in [0.05, 0.1) is 29.3 Å². The van der Waals surface area contributed by atoms with Crippen LogP contribution in [-0.4, -0.2) is 21.6 Å². The quantitative estimate of drug-likeness (QED) is 0.850. The Labute approximate surface area is 139 Å². The predicted octanol–water partition coefficient (Wildman–Crippen LogP) is 3.16. The second-order valence-corrected chi connectivity index (χ2v) is 7.18. The highest BCUT2D eigenvalue weighted by molar-refractivity contribution is 7.09. The molecule has 0 fully saturated rings. The predicted molar refractivity (Wildman–Crippen MR) is 89.1 cm³/mol. The van der Waals surface area contributed by atoms with Gasteiger partial charge in [0.2, 0.25) is 5.91 Å². The minimum atomic E-state index is -0.994. The third-order valence-corrected chi connectivity index (χ3v) is 4.08. The Morgan fingerprint density at radius 3 is 2.68 bits per heavy atom. The van der Waals surface area contributed by atoms with E-state index in [1.54, 1.807) is 25.2 Å². The number of rotatable bonds is 6. The van der Waals surface area contributed by atoms with Crippen molar-refractivity contribution in [1.29, 1.82) is 0 Å². The molecule has 1 amide bonds. The zero-order chi connectivity index (χ0) is 16.2. The fourth-order valence-electron chi connectivity index (χ4n) is 1.93. The van der Waals surface area contributed by atoms with E-state index in [0.717, 1.165) is 27.7 Å². The van der Waals surface area contributed by atoms with E-state index in [9.17, 15) is 9.90 Å². The van der Waals surface area contributed by atoms with Crippen LogP contribution in [0.1, 0.15) is 36.5 Å². The number of aliphatic hydroxyl groups is 1. The zero-order valence-electron chi connectivity index (χ0n) is 12.6. The fourth-order valence-corrected chi connectivity index (χ4v) is 2.89. The number of amides is 1. The summed E-state index contributed by atoms with van der Waals surface area (Å²) in [6, 6.07) is 7.69. The number of halogens is 1. The fraction of sp³-hybridized carbons (Fsp3) is 0.375. The van der Waals surface area contributed by atoms with E-state index in [-0.39, 0.29) is 12.3 Å². The first-order valence-electron chi connectivity index (χ1n) is 6.99. The maximum Gasteiger partial charge on any atom is 0.223 e. The molecule has 0 aliphatic rings. The van der Waals surface area contributed by atoms with E-state index in [1.165, 1.54) is 0 Å². The van der Waals surface area contributed by atoms with Gasteiger partial charge >= 0.3 is 0 Å². The minimum absolute atomic E-state index is 0.0781. The molecule has 2 N–H and O–H groups in total. The van der Waals surface area contributed by atoms with Crippen LogP contribution in [0.2, 0.25) is 5.02 Å². The Kier molecular flexibility index (Phi) is 5.56. The molecule has 1 heterocycles. The molecule has 0 saturated heterocycles. The lowest BCUT2D eigenvalue weighted by atomic mass is 10.1. The Balaban J connectivity index is 1.86. The Hall–Kier alpha value is -1.43. The minimum Gasteiger partial charge on any atom is -0.390 e. The molecule has 118 valence electrons. The maximum absolute atomic E-state index is 11.7. The van der Waals surface area contributed by atoms with Gasteiger partial charge < -0.3 is 10.4 Å². The number of thiazole rings is 1. The van der Waals surface area contributed by atoms with Gasteiger partial charge in [-0.1, -0.05) is 23.7 Å². The average molecular weight is 339 g/mol. The van der Waals surface area contributed by atoms with E-state index >= 15 is 0 Å². The van der Waals surface area contributed by atoms with Crippen LogP contribution in [0.15, 0.2) is 29.6 Å². The van der Waals surface area contributed by atoms with Crippen LogP contribution in [0.4, 0.5) is 0 Å². The molecule has 0 aliphatic carbocycles. The Morgan fingerprint density at radius 1 is 1.36 bits per heavy atom. The second kappa shape index (κ2) is 7.22. The summed E-state index contributed by atoms with van der Waals surface area (Å²) >= 11 is 7.43. The lowest BCUT2D eigenvalue weighted by molar-refractivity contribution is -0.125. The molecule has 0 spiro atoms. The number of hydrogen-bond donors (Lipinski definition) is 2. The third-order valence-electron chi connectivity index (χ3n) is 2.93. The summed E-state index contributed by atoms with van der Waals surface area (Å²) in [7, 11) is 0. The molecular formula is C16H19ClN2O2S. The highest BCUT2D eigenvalue weighted by atomic mass is 35.5. The Bertz CT molecular complexity index is 632. The highest BCUT2D eigenvalue weighted by Crippen LogP contribution is 2.17. The molecule has 22 heavy (non-hydrogen) atoms. The van der Waals surface area contributed by atoms with Crippen LogP contribution in [-0.2, 0) is 17.8 Å². The first-order valence-corrected chi connectivity index (χ1v) is 8.24. The molecular weight excluding hydrogens is 320 g/mol. The van der Waals surface area contributed by atoms with Crippen LogP contribution < -0.4 is 5.32 Å². The second-order valence-electron chi connectivity index (χ2n) is 5.80. The number of benzene rings is 1. The topological polar surface area (TPSA) is 62.2 Å². The van der Waals surface area contributed by atoms with Gasteiger partial charge in [0.1, 0.15) is 0 Å². The summed E-state index contributed by atoms with van der Waals surface area (Å²) in [5.41, 5.74) is 0.987. The van der Waals surface area contributed by atoms with E-state index in [1.807, 2.05) is 29.6 Å². The smallest absolute Gasteiger partial charge is 0.223 e.